The van der Waals surface area contributed by atoms with E-state index in [1.54, 1.807) is 0 Å². The summed E-state index contributed by atoms with van der Waals surface area (Å²) in [4.78, 5) is 0. The standard InChI is InChI=1S/C14H23NO4/c1-11-4-3-5-13(6-11)19-8-12(17)7-15-9-14(2,18)10-16/h3-6,12,15-18H,7-10H2,1-2H3. The Hall–Kier alpha value is -1.14. The summed E-state index contributed by atoms with van der Waals surface area (Å²) in [5, 5.41) is 31.0. The van der Waals surface area contributed by atoms with Gasteiger partial charge in [-0.3, -0.25) is 0 Å². The molecule has 1 aromatic rings. The largest absolute Gasteiger partial charge is 0.491 e. The van der Waals surface area contributed by atoms with Crippen LogP contribution in [0.2, 0.25) is 0 Å². The number of hydrogen-bond acceptors (Lipinski definition) is 5. The highest BCUT2D eigenvalue weighted by molar-refractivity contribution is 5.27. The third kappa shape index (κ3) is 6.54. The van der Waals surface area contributed by atoms with Crippen LogP contribution in [0.5, 0.6) is 5.75 Å². The molecule has 2 unspecified atom stereocenters. The minimum absolute atomic E-state index is 0.178. The van der Waals surface area contributed by atoms with Crippen molar-refractivity contribution in [2.24, 2.45) is 0 Å². The van der Waals surface area contributed by atoms with E-state index < -0.39 is 11.7 Å². The summed E-state index contributed by atoms with van der Waals surface area (Å²) in [6, 6.07) is 7.61. The number of hydrogen-bond donors (Lipinski definition) is 4. The van der Waals surface area contributed by atoms with Gasteiger partial charge in [0.2, 0.25) is 0 Å². The minimum atomic E-state index is -1.17. The van der Waals surface area contributed by atoms with Crippen LogP contribution in [0.15, 0.2) is 24.3 Å². The second-order valence-corrected chi connectivity index (χ2v) is 5.07. The van der Waals surface area contributed by atoms with E-state index in [0.29, 0.717) is 6.54 Å². The molecule has 4 N–H and O–H groups in total. The lowest BCUT2D eigenvalue weighted by Gasteiger charge is -2.22. The maximum absolute atomic E-state index is 9.72. The van der Waals surface area contributed by atoms with Gasteiger partial charge in [-0.15, -0.1) is 0 Å². The first-order valence-electron chi connectivity index (χ1n) is 6.34. The van der Waals surface area contributed by atoms with Crippen LogP contribution in [0.25, 0.3) is 0 Å². The molecule has 0 radical (unpaired) electrons. The lowest BCUT2D eigenvalue weighted by Crippen LogP contribution is -2.44. The van der Waals surface area contributed by atoms with Gasteiger partial charge in [0.25, 0.3) is 0 Å². The van der Waals surface area contributed by atoms with Gasteiger partial charge >= 0.3 is 0 Å². The Morgan fingerprint density at radius 1 is 1.42 bits per heavy atom. The van der Waals surface area contributed by atoms with Gasteiger partial charge in [-0.1, -0.05) is 12.1 Å². The van der Waals surface area contributed by atoms with Crippen LogP contribution in [0, 0.1) is 6.92 Å². The van der Waals surface area contributed by atoms with Gasteiger partial charge < -0.3 is 25.4 Å². The molecule has 108 valence electrons. The van der Waals surface area contributed by atoms with E-state index in [0.717, 1.165) is 11.3 Å². The summed E-state index contributed by atoms with van der Waals surface area (Å²) >= 11 is 0. The minimum Gasteiger partial charge on any atom is -0.491 e. The van der Waals surface area contributed by atoms with Crippen LogP contribution in [-0.4, -0.2) is 53.3 Å². The Kier molecular flexibility index (Phi) is 6.24. The highest BCUT2D eigenvalue weighted by Crippen LogP contribution is 2.12. The van der Waals surface area contributed by atoms with Crippen molar-refractivity contribution in [3.05, 3.63) is 29.8 Å². The van der Waals surface area contributed by atoms with Crippen molar-refractivity contribution in [2.45, 2.75) is 25.6 Å². The first-order valence-corrected chi connectivity index (χ1v) is 6.34. The molecule has 1 rings (SSSR count). The highest BCUT2D eigenvalue weighted by Gasteiger charge is 2.18. The van der Waals surface area contributed by atoms with Crippen molar-refractivity contribution < 1.29 is 20.1 Å². The maximum Gasteiger partial charge on any atom is 0.119 e. The van der Waals surface area contributed by atoms with Crippen LogP contribution in [0.3, 0.4) is 0 Å². The molecule has 19 heavy (non-hydrogen) atoms. The van der Waals surface area contributed by atoms with Crippen molar-refractivity contribution in [1.82, 2.24) is 5.32 Å². The van der Waals surface area contributed by atoms with Crippen molar-refractivity contribution >= 4 is 0 Å². The molecule has 0 aromatic heterocycles. The molecule has 2 atom stereocenters. The topological polar surface area (TPSA) is 82.0 Å². The number of aliphatic hydroxyl groups excluding tert-OH is 2. The van der Waals surface area contributed by atoms with Gasteiger partial charge in [0.05, 0.1) is 12.2 Å². The van der Waals surface area contributed by atoms with Crippen LogP contribution in [0.4, 0.5) is 0 Å². The monoisotopic (exact) mass is 269 g/mol. The number of benzene rings is 1. The van der Waals surface area contributed by atoms with E-state index in [1.807, 2.05) is 31.2 Å². The Labute approximate surface area is 113 Å². The summed E-state index contributed by atoms with van der Waals surface area (Å²) < 4.78 is 5.46. The summed E-state index contributed by atoms with van der Waals surface area (Å²) in [5.41, 5.74) is -0.0685. The molecule has 0 amide bonds. The zero-order valence-corrected chi connectivity index (χ0v) is 11.5. The van der Waals surface area contributed by atoms with Crippen molar-refractivity contribution in [1.29, 1.82) is 0 Å². The number of nitrogens with one attached hydrogen (secondary N) is 1. The number of aryl methyl sites for hydroxylation is 1. The van der Waals surface area contributed by atoms with Crippen LogP contribution < -0.4 is 10.1 Å². The first-order chi connectivity index (χ1) is 8.93. The Balaban J connectivity index is 2.23. The van der Waals surface area contributed by atoms with Gasteiger partial charge in [-0.2, -0.15) is 0 Å². The average molecular weight is 269 g/mol. The van der Waals surface area contributed by atoms with Crippen LogP contribution in [-0.2, 0) is 0 Å². The van der Waals surface area contributed by atoms with Gasteiger partial charge in [-0.25, -0.2) is 0 Å². The van der Waals surface area contributed by atoms with E-state index in [-0.39, 0.29) is 19.8 Å². The van der Waals surface area contributed by atoms with Crippen molar-refractivity contribution in [3.8, 4) is 5.75 Å². The second-order valence-electron chi connectivity index (χ2n) is 5.07. The predicted octanol–water partition coefficient (Wildman–Crippen LogP) is 0.0676. The van der Waals surface area contributed by atoms with Crippen molar-refractivity contribution in [2.75, 3.05) is 26.3 Å². The molecule has 0 aliphatic rings. The van der Waals surface area contributed by atoms with Gasteiger partial charge in [0.1, 0.15) is 18.5 Å². The fourth-order valence-electron chi connectivity index (χ4n) is 1.52. The summed E-state index contributed by atoms with van der Waals surface area (Å²) in [6.45, 7) is 3.86. The zero-order chi connectivity index (χ0) is 14.3. The summed E-state index contributed by atoms with van der Waals surface area (Å²) in [7, 11) is 0. The molecule has 0 fully saturated rings. The summed E-state index contributed by atoms with van der Waals surface area (Å²) in [6.07, 6.45) is -0.671. The summed E-state index contributed by atoms with van der Waals surface area (Å²) in [5.74, 6) is 0.724. The van der Waals surface area contributed by atoms with E-state index in [2.05, 4.69) is 5.32 Å². The Bertz CT molecular complexity index is 381. The maximum atomic E-state index is 9.72. The average Bonchev–Trinajstić information content (AvgIpc) is 2.36. The lowest BCUT2D eigenvalue weighted by molar-refractivity contribution is -0.000326. The molecule has 0 aliphatic heterocycles. The number of rotatable bonds is 8. The quantitative estimate of drug-likeness (QED) is 0.537. The molecule has 0 heterocycles. The second kappa shape index (κ2) is 7.45. The number of ether oxygens (including phenoxy) is 1. The van der Waals surface area contributed by atoms with E-state index in [9.17, 15) is 10.2 Å². The molecule has 0 bridgehead atoms. The normalized spacial score (nSPS) is 15.8. The van der Waals surface area contributed by atoms with E-state index >= 15 is 0 Å². The highest BCUT2D eigenvalue weighted by atomic mass is 16.5. The molecular weight excluding hydrogens is 246 g/mol. The Morgan fingerprint density at radius 3 is 2.79 bits per heavy atom. The molecule has 1 aromatic carbocycles. The molecule has 5 nitrogen and oxygen atoms in total. The first kappa shape index (κ1) is 15.9. The van der Waals surface area contributed by atoms with Crippen molar-refractivity contribution in [3.63, 3.8) is 0 Å². The van der Waals surface area contributed by atoms with Crippen LogP contribution in [0.1, 0.15) is 12.5 Å². The van der Waals surface area contributed by atoms with Gasteiger partial charge in [-0.05, 0) is 31.5 Å². The third-order valence-electron chi connectivity index (χ3n) is 2.66. The molecule has 5 heteroatoms. The molecular formula is C14H23NO4. The van der Waals surface area contributed by atoms with Gasteiger partial charge in [0.15, 0.2) is 0 Å². The third-order valence-corrected chi connectivity index (χ3v) is 2.66. The van der Waals surface area contributed by atoms with Gasteiger partial charge in [0, 0.05) is 13.1 Å². The lowest BCUT2D eigenvalue weighted by atomic mass is 10.1. The molecule has 0 aliphatic carbocycles. The van der Waals surface area contributed by atoms with E-state index in [1.165, 1.54) is 6.92 Å². The molecule has 0 saturated carbocycles. The van der Waals surface area contributed by atoms with E-state index in [4.69, 9.17) is 9.84 Å². The SMILES string of the molecule is Cc1cccc(OCC(O)CNCC(C)(O)CO)c1. The number of aliphatic hydroxyl groups is 3. The smallest absolute Gasteiger partial charge is 0.119 e. The van der Waals surface area contributed by atoms with Crippen LogP contribution >= 0.6 is 0 Å². The fourth-order valence-corrected chi connectivity index (χ4v) is 1.52. The zero-order valence-electron chi connectivity index (χ0n) is 11.5. The Morgan fingerprint density at radius 2 is 2.16 bits per heavy atom. The fraction of sp³-hybridized carbons (Fsp3) is 0.571. The molecule has 0 saturated heterocycles. The predicted molar refractivity (Wildman–Crippen MR) is 73.3 cm³/mol. The molecule has 0 spiro atoms.